The van der Waals surface area contributed by atoms with Crippen molar-refractivity contribution in [3.8, 4) is 11.5 Å². The molecule has 2 rings (SSSR count). The molecule has 0 spiro atoms. The van der Waals surface area contributed by atoms with Gasteiger partial charge < -0.3 is 10.3 Å². The summed E-state index contributed by atoms with van der Waals surface area (Å²) in [6.07, 6.45) is 6.30. The van der Waals surface area contributed by atoms with Gasteiger partial charge in [-0.15, -0.1) is 0 Å². The molecule has 0 bridgehead atoms. The molecule has 2 aromatic rings. The molecule has 0 aromatic carbocycles. The van der Waals surface area contributed by atoms with Crippen molar-refractivity contribution in [2.45, 2.75) is 12.8 Å². The van der Waals surface area contributed by atoms with Gasteiger partial charge in [-0.25, -0.2) is 9.97 Å². The summed E-state index contributed by atoms with van der Waals surface area (Å²) in [6, 6.07) is 0. The minimum absolute atomic E-state index is 0.447. The number of hydrogen-bond acceptors (Lipinski definition) is 6. The summed E-state index contributed by atoms with van der Waals surface area (Å²) in [6.45, 7) is 0.623. The second kappa shape index (κ2) is 4.61. The van der Waals surface area contributed by atoms with Gasteiger partial charge >= 0.3 is 0 Å². The molecule has 0 saturated carbocycles. The smallest absolute Gasteiger partial charge is 0.261 e. The van der Waals surface area contributed by atoms with Crippen LogP contribution in [-0.2, 0) is 6.42 Å². The van der Waals surface area contributed by atoms with Crippen molar-refractivity contribution in [2.24, 2.45) is 5.73 Å². The SMILES string of the molecule is NCCCc1noc(-c2cncnc2)n1. The molecule has 15 heavy (non-hydrogen) atoms. The fourth-order valence-corrected chi connectivity index (χ4v) is 1.14. The van der Waals surface area contributed by atoms with Gasteiger partial charge in [0.1, 0.15) is 6.33 Å². The van der Waals surface area contributed by atoms with Gasteiger partial charge in [0, 0.05) is 18.8 Å². The van der Waals surface area contributed by atoms with E-state index in [1.165, 1.54) is 6.33 Å². The van der Waals surface area contributed by atoms with Crippen LogP contribution in [0.25, 0.3) is 11.5 Å². The molecule has 0 amide bonds. The number of nitrogens with two attached hydrogens (primary N) is 1. The van der Waals surface area contributed by atoms with Crippen molar-refractivity contribution in [1.29, 1.82) is 0 Å². The maximum Gasteiger partial charge on any atom is 0.261 e. The van der Waals surface area contributed by atoms with Gasteiger partial charge in [-0.05, 0) is 13.0 Å². The van der Waals surface area contributed by atoms with Crippen LogP contribution in [0.15, 0.2) is 23.2 Å². The standard InChI is InChI=1S/C9H11N5O/c10-3-1-2-8-13-9(15-14-8)7-4-11-6-12-5-7/h4-6H,1-3,10H2. The van der Waals surface area contributed by atoms with Crippen molar-refractivity contribution in [1.82, 2.24) is 20.1 Å². The lowest BCUT2D eigenvalue weighted by Crippen LogP contribution is -2.01. The normalized spacial score (nSPS) is 10.5. The lowest BCUT2D eigenvalue weighted by atomic mass is 10.3. The molecule has 2 heterocycles. The number of nitrogens with zero attached hydrogens (tertiary/aromatic N) is 4. The molecule has 0 aliphatic carbocycles. The van der Waals surface area contributed by atoms with E-state index in [9.17, 15) is 0 Å². The summed E-state index contributed by atoms with van der Waals surface area (Å²) < 4.78 is 5.07. The summed E-state index contributed by atoms with van der Waals surface area (Å²) >= 11 is 0. The first kappa shape index (κ1) is 9.72. The van der Waals surface area contributed by atoms with Gasteiger partial charge in [0.15, 0.2) is 5.82 Å². The Kier molecular flexibility index (Phi) is 2.99. The van der Waals surface area contributed by atoms with E-state index >= 15 is 0 Å². The Hall–Kier alpha value is -1.82. The van der Waals surface area contributed by atoms with Gasteiger partial charge in [0.2, 0.25) is 0 Å². The molecule has 0 aliphatic heterocycles. The van der Waals surface area contributed by atoms with E-state index in [1.54, 1.807) is 12.4 Å². The summed E-state index contributed by atoms with van der Waals surface area (Å²) in [7, 11) is 0. The molecule has 0 saturated heterocycles. The zero-order valence-electron chi connectivity index (χ0n) is 8.13. The van der Waals surface area contributed by atoms with E-state index in [0.29, 0.717) is 18.3 Å². The Morgan fingerprint density at radius 1 is 1.27 bits per heavy atom. The van der Waals surface area contributed by atoms with Crippen LogP contribution in [0, 0.1) is 0 Å². The molecule has 0 radical (unpaired) electrons. The monoisotopic (exact) mass is 205 g/mol. The minimum atomic E-state index is 0.447. The molecule has 0 fully saturated rings. The highest BCUT2D eigenvalue weighted by Gasteiger charge is 2.08. The maximum absolute atomic E-state index is 5.39. The molecule has 2 N–H and O–H groups in total. The highest BCUT2D eigenvalue weighted by Crippen LogP contribution is 2.14. The topological polar surface area (TPSA) is 90.7 Å². The molecular formula is C9H11N5O. The van der Waals surface area contributed by atoms with E-state index in [4.69, 9.17) is 10.3 Å². The third kappa shape index (κ3) is 2.35. The number of hydrogen-bond donors (Lipinski definition) is 1. The van der Waals surface area contributed by atoms with Gasteiger partial charge in [0.05, 0.1) is 5.56 Å². The largest absolute Gasteiger partial charge is 0.334 e. The Labute approximate surface area is 86.5 Å². The molecule has 2 aromatic heterocycles. The number of aryl methyl sites for hydroxylation is 1. The zero-order valence-corrected chi connectivity index (χ0v) is 8.13. The third-order valence-corrected chi connectivity index (χ3v) is 1.88. The molecule has 0 unspecified atom stereocenters. The van der Waals surface area contributed by atoms with Crippen LogP contribution >= 0.6 is 0 Å². The van der Waals surface area contributed by atoms with E-state index < -0.39 is 0 Å². The fourth-order valence-electron chi connectivity index (χ4n) is 1.14. The molecule has 0 aliphatic rings. The van der Waals surface area contributed by atoms with Gasteiger partial charge in [-0.3, -0.25) is 0 Å². The predicted octanol–water partition coefficient (Wildman–Crippen LogP) is 0.418. The van der Waals surface area contributed by atoms with E-state index in [2.05, 4.69) is 20.1 Å². The summed E-state index contributed by atoms with van der Waals surface area (Å²) in [4.78, 5) is 12.0. The predicted molar refractivity (Wildman–Crippen MR) is 52.7 cm³/mol. The van der Waals surface area contributed by atoms with Gasteiger partial charge in [-0.2, -0.15) is 4.98 Å². The summed E-state index contributed by atoms with van der Waals surface area (Å²) in [5.41, 5.74) is 6.11. The van der Waals surface area contributed by atoms with Crippen LogP contribution in [0.1, 0.15) is 12.2 Å². The fraction of sp³-hybridized carbons (Fsp3) is 0.333. The Morgan fingerprint density at radius 2 is 2.07 bits per heavy atom. The average Bonchev–Trinajstić information content (AvgIpc) is 2.76. The first-order chi connectivity index (χ1) is 7.40. The van der Waals surface area contributed by atoms with Crippen LogP contribution < -0.4 is 5.73 Å². The van der Waals surface area contributed by atoms with Gasteiger partial charge in [0.25, 0.3) is 5.89 Å². The van der Waals surface area contributed by atoms with Crippen molar-refractivity contribution >= 4 is 0 Å². The van der Waals surface area contributed by atoms with Crippen LogP contribution in [0.4, 0.5) is 0 Å². The Morgan fingerprint density at radius 3 is 2.80 bits per heavy atom. The average molecular weight is 205 g/mol. The Bertz CT molecular complexity index is 413. The van der Waals surface area contributed by atoms with Crippen LogP contribution in [0.5, 0.6) is 0 Å². The zero-order chi connectivity index (χ0) is 10.5. The number of rotatable bonds is 4. The highest BCUT2D eigenvalue weighted by atomic mass is 16.5. The molecule has 78 valence electrons. The first-order valence-electron chi connectivity index (χ1n) is 4.68. The van der Waals surface area contributed by atoms with Crippen molar-refractivity contribution in [2.75, 3.05) is 6.54 Å². The van der Waals surface area contributed by atoms with Crippen LogP contribution in [-0.4, -0.2) is 26.7 Å². The highest BCUT2D eigenvalue weighted by molar-refractivity contribution is 5.48. The van der Waals surface area contributed by atoms with Crippen molar-refractivity contribution in [3.05, 3.63) is 24.5 Å². The number of aromatic nitrogens is 4. The van der Waals surface area contributed by atoms with Crippen molar-refractivity contribution in [3.63, 3.8) is 0 Å². The quantitative estimate of drug-likeness (QED) is 0.777. The molecule has 6 nitrogen and oxygen atoms in total. The Balaban J connectivity index is 2.14. The lowest BCUT2D eigenvalue weighted by molar-refractivity contribution is 0.421. The summed E-state index contributed by atoms with van der Waals surface area (Å²) in [5.74, 6) is 1.11. The maximum atomic E-state index is 5.39. The second-order valence-corrected chi connectivity index (χ2v) is 3.04. The molecule has 6 heteroatoms. The second-order valence-electron chi connectivity index (χ2n) is 3.04. The molecular weight excluding hydrogens is 194 g/mol. The third-order valence-electron chi connectivity index (χ3n) is 1.88. The minimum Gasteiger partial charge on any atom is -0.334 e. The van der Waals surface area contributed by atoms with E-state index in [-0.39, 0.29) is 0 Å². The summed E-state index contributed by atoms with van der Waals surface area (Å²) in [5, 5.41) is 3.83. The lowest BCUT2D eigenvalue weighted by Gasteiger charge is -1.90. The van der Waals surface area contributed by atoms with E-state index in [0.717, 1.165) is 18.4 Å². The first-order valence-corrected chi connectivity index (χ1v) is 4.68. The van der Waals surface area contributed by atoms with Gasteiger partial charge in [-0.1, -0.05) is 5.16 Å². The van der Waals surface area contributed by atoms with Crippen LogP contribution in [0.3, 0.4) is 0 Å². The van der Waals surface area contributed by atoms with E-state index in [1.807, 2.05) is 0 Å². The van der Waals surface area contributed by atoms with Crippen molar-refractivity contribution < 1.29 is 4.52 Å². The van der Waals surface area contributed by atoms with Crippen LogP contribution in [0.2, 0.25) is 0 Å². The molecule has 0 atom stereocenters.